The first-order valence-electron chi connectivity index (χ1n) is 6.30. The number of aromatic hydroxyl groups is 1. The molecule has 2 unspecified atom stereocenters. The maximum absolute atomic E-state index is 11.9. The van der Waals surface area contributed by atoms with Crippen molar-refractivity contribution >= 4 is 5.91 Å². The second kappa shape index (κ2) is 5.82. The van der Waals surface area contributed by atoms with Gasteiger partial charge in [-0.2, -0.15) is 0 Å². The quantitative estimate of drug-likeness (QED) is 0.739. The molecule has 98 valence electrons. The van der Waals surface area contributed by atoms with Crippen LogP contribution >= 0.6 is 0 Å². The van der Waals surface area contributed by atoms with Crippen LogP contribution in [0.1, 0.15) is 23.7 Å². The van der Waals surface area contributed by atoms with E-state index in [0.717, 1.165) is 19.5 Å². The average molecular weight is 249 g/mol. The van der Waals surface area contributed by atoms with E-state index < -0.39 is 0 Å². The molecule has 0 aliphatic carbocycles. The number of aromatic nitrogens is 1. The second-order valence-corrected chi connectivity index (χ2v) is 4.83. The molecule has 2 heterocycles. The van der Waals surface area contributed by atoms with Gasteiger partial charge in [0.25, 0.3) is 5.91 Å². The van der Waals surface area contributed by atoms with Crippen LogP contribution in [0.15, 0.2) is 18.5 Å². The summed E-state index contributed by atoms with van der Waals surface area (Å²) in [6, 6.07) is 1.52. The predicted molar refractivity (Wildman–Crippen MR) is 68.4 cm³/mol. The van der Waals surface area contributed by atoms with E-state index >= 15 is 0 Å². The zero-order valence-corrected chi connectivity index (χ0v) is 10.5. The van der Waals surface area contributed by atoms with Crippen molar-refractivity contribution in [2.24, 2.45) is 11.8 Å². The first-order chi connectivity index (χ1) is 8.68. The van der Waals surface area contributed by atoms with Crippen LogP contribution in [0.25, 0.3) is 0 Å². The van der Waals surface area contributed by atoms with Gasteiger partial charge in [0.1, 0.15) is 5.75 Å². The highest BCUT2D eigenvalue weighted by atomic mass is 16.3. The fraction of sp³-hybridized carbons (Fsp3) is 0.538. The maximum atomic E-state index is 11.9. The Labute approximate surface area is 107 Å². The minimum atomic E-state index is -0.243. The maximum Gasteiger partial charge on any atom is 0.255 e. The zero-order chi connectivity index (χ0) is 13.0. The van der Waals surface area contributed by atoms with Gasteiger partial charge in [0.15, 0.2) is 0 Å². The lowest BCUT2D eigenvalue weighted by Crippen LogP contribution is -2.42. The van der Waals surface area contributed by atoms with E-state index in [0.29, 0.717) is 18.4 Å². The Morgan fingerprint density at radius 1 is 1.67 bits per heavy atom. The largest absolute Gasteiger partial charge is 0.505 e. The lowest BCUT2D eigenvalue weighted by molar-refractivity contribution is 0.0936. The normalized spacial score (nSPS) is 23.6. The number of amides is 1. The molecule has 1 saturated heterocycles. The average Bonchev–Trinajstić information content (AvgIpc) is 2.38. The van der Waals surface area contributed by atoms with Crippen molar-refractivity contribution in [3.63, 3.8) is 0 Å². The van der Waals surface area contributed by atoms with Gasteiger partial charge < -0.3 is 15.7 Å². The van der Waals surface area contributed by atoms with Crippen molar-refractivity contribution < 1.29 is 9.90 Å². The van der Waals surface area contributed by atoms with Crippen LogP contribution in [-0.4, -0.2) is 35.6 Å². The van der Waals surface area contributed by atoms with Gasteiger partial charge in [-0.25, -0.2) is 0 Å². The number of hydrogen-bond acceptors (Lipinski definition) is 4. The SMILES string of the molecule is CC1CCNCC1CNC(=O)c1ccncc1O. The van der Waals surface area contributed by atoms with Crippen molar-refractivity contribution in [1.29, 1.82) is 0 Å². The van der Waals surface area contributed by atoms with E-state index in [4.69, 9.17) is 0 Å². The molecular formula is C13H19N3O2. The summed E-state index contributed by atoms with van der Waals surface area (Å²) in [6.45, 7) is 4.83. The molecule has 1 aliphatic heterocycles. The topological polar surface area (TPSA) is 74.2 Å². The lowest BCUT2D eigenvalue weighted by atomic mass is 9.88. The van der Waals surface area contributed by atoms with Crippen molar-refractivity contribution in [1.82, 2.24) is 15.6 Å². The molecule has 0 saturated carbocycles. The van der Waals surface area contributed by atoms with Crippen molar-refractivity contribution in [2.75, 3.05) is 19.6 Å². The molecule has 5 nitrogen and oxygen atoms in total. The van der Waals surface area contributed by atoms with Crippen LogP contribution < -0.4 is 10.6 Å². The van der Waals surface area contributed by atoms with Crippen LogP contribution in [0.4, 0.5) is 0 Å². The number of carbonyl (C=O) groups excluding carboxylic acids is 1. The first-order valence-corrected chi connectivity index (χ1v) is 6.30. The van der Waals surface area contributed by atoms with Crippen LogP contribution in [0.2, 0.25) is 0 Å². The van der Waals surface area contributed by atoms with E-state index in [1.54, 1.807) is 0 Å². The number of rotatable bonds is 3. The Balaban J connectivity index is 1.90. The summed E-state index contributed by atoms with van der Waals surface area (Å²) in [5.41, 5.74) is 0.279. The van der Waals surface area contributed by atoms with Gasteiger partial charge in [0.05, 0.1) is 11.8 Å². The summed E-state index contributed by atoms with van der Waals surface area (Å²) >= 11 is 0. The highest BCUT2D eigenvalue weighted by molar-refractivity contribution is 5.96. The van der Waals surface area contributed by atoms with Crippen molar-refractivity contribution in [2.45, 2.75) is 13.3 Å². The second-order valence-electron chi connectivity index (χ2n) is 4.83. The molecule has 2 rings (SSSR count). The van der Waals surface area contributed by atoms with Gasteiger partial charge >= 0.3 is 0 Å². The molecule has 3 N–H and O–H groups in total. The summed E-state index contributed by atoms with van der Waals surface area (Å²) in [4.78, 5) is 15.6. The molecule has 5 heteroatoms. The third-order valence-electron chi connectivity index (χ3n) is 3.56. The molecule has 0 aromatic carbocycles. The Bertz CT molecular complexity index is 422. The van der Waals surface area contributed by atoms with Gasteiger partial charge in [-0.1, -0.05) is 6.92 Å². The highest BCUT2D eigenvalue weighted by Gasteiger charge is 2.22. The summed E-state index contributed by atoms with van der Waals surface area (Å²) < 4.78 is 0. The molecule has 18 heavy (non-hydrogen) atoms. The molecular weight excluding hydrogens is 230 g/mol. The Hall–Kier alpha value is -1.62. The van der Waals surface area contributed by atoms with Crippen molar-refractivity contribution in [3.8, 4) is 5.75 Å². The molecule has 0 spiro atoms. The predicted octanol–water partition coefficient (Wildman–Crippen LogP) is 0.763. The summed E-state index contributed by atoms with van der Waals surface area (Å²) in [5.74, 6) is 0.738. The molecule has 1 amide bonds. The van der Waals surface area contributed by atoms with Crippen LogP contribution in [0.3, 0.4) is 0 Å². The molecule has 1 fully saturated rings. The summed E-state index contributed by atoms with van der Waals surface area (Å²) in [6.07, 6.45) is 3.92. The lowest BCUT2D eigenvalue weighted by Gasteiger charge is -2.29. The Kier molecular flexibility index (Phi) is 4.15. The van der Waals surface area contributed by atoms with E-state index in [1.807, 2.05) is 0 Å². The van der Waals surface area contributed by atoms with Gasteiger partial charge in [0, 0.05) is 12.7 Å². The van der Waals surface area contributed by atoms with Crippen molar-refractivity contribution in [3.05, 3.63) is 24.0 Å². The van der Waals surface area contributed by atoms with Crippen LogP contribution in [0, 0.1) is 11.8 Å². The molecule has 2 atom stereocenters. The molecule has 1 aromatic rings. The van der Waals surface area contributed by atoms with E-state index in [2.05, 4.69) is 22.5 Å². The van der Waals surface area contributed by atoms with E-state index in [-0.39, 0.29) is 17.2 Å². The molecule has 1 aromatic heterocycles. The number of pyridine rings is 1. The number of hydrogen-bond donors (Lipinski definition) is 3. The number of nitrogens with zero attached hydrogens (tertiary/aromatic N) is 1. The van der Waals surface area contributed by atoms with Gasteiger partial charge in [0.2, 0.25) is 0 Å². The smallest absolute Gasteiger partial charge is 0.255 e. The Morgan fingerprint density at radius 2 is 2.50 bits per heavy atom. The molecule has 0 bridgehead atoms. The van der Waals surface area contributed by atoms with Crippen LogP contribution in [-0.2, 0) is 0 Å². The minimum Gasteiger partial charge on any atom is -0.505 e. The zero-order valence-electron chi connectivity index (χ0n) is 10.5. The molecule has 0 radical (unpaired) electrons. The van der Waals surface area contributed by atoms with E-state index in [1.165, 1.54) is 18.5 Å². The van der Waals surface area contributed by atoms with Crippen LogP contribution in [0.5, 0.6) is 5.75 Å². The fourth-order valence-corrected chi connectivity index (χ4v) is 2.22. The first kappa shape index (κ1) is 12.8. The summed E-state index contributed by atoms with van der Waals surface area (Å²) in [7, 11) is 0. The monoisotopic (exact) mass is 249 g/mol. The van der Waals surface area contributed by atoms with Gasteiger partial charge in [-0.3, -0.25) is 9.78 Å². The van der Waals surface area contributed by atoms with Gasteiger partial charge in [-0.05, 0) is 37.4 Å². The minimum absolute atomic E-state index is 0.0789. The highest BCUT2D eigenvalue weighted by Crippen LogP contribution is 2.18. The van der Waals surface area contributed by atoms with E-state index in [9.17, 15) is 9.90 Å². The van der Waals surface area contributed by atoms with Gasteiger partial charge in [-0.15, -0.1) is 0 Å². The third kappa shape index (κ3) is 2.98. The third-order valence-corrected chi connectivity index (χ3v) is 3.56. The Morgan fingerprint density at radius 3 is 3.22 bits per heavy atom. The standard InChI is InChI=1S/C13H19N3O2/c1-9-2-4-14-6-10(9)7-16-13(18)11-3-5-15-8-12(11)17/h3,5,8-10,14,17H,2,4,6-7H2,1H3,(H,16,18). The summed E-state index contributed by atoms with van der Waals surface area (Å²) in [5, 5.41) is 15.7. The number of nitrogens with one attached hydrogen (secondary N) is 2. The molecule has 1 aliphatic rings. The fourth-order valence-electron chi connectivity index (χ4n) is 2.22. The number of piperidine rings is 1. The number of carbonyl (C=O) groups is 1.